The molecular weight excluding hydrogens is 216 g/mol. The molecule has 0 aromatic rings. The fraction of sp³-hybridized carbons (Fsp3) is 0.500. The minimum atomic E-state index is -0.0107. The highest BCUT2D eigenvalue weighted by molar-refractivity contribution is 5.93. The van der Waals surface area contributed by atoms with Crippen LogP contribution in [0.4, 0.5) is 0 Å². The molecule has 0 saturated carbocycles. The van der Waals surface area contributed by atoms with Crippen LogP contribution in [-0.2, 0) is 9.53 Å². The molecule has 4 nitrogen and oxygen atoms in total. The Morgan fingerprint density at radius 1 is 1.67 bits per heavy atom. The number of carbonyl (C=O) groups is 1. The zero-order valence-electron chi connectivity index (χ0n) is 8.60. The molecule has 1 unspecified atom stereocenters. The van der Waals surface area contributed by atoms with Gasteiger partial charge in [0.25, 0.3) is 0 Å². The van der Waals surface area contributed by atoms with Crippen molar-refractivity contribution in [3.63, 3.8) is 0 Å². The van der Waals surface area contributed by atoms with Crippen molar-refractivity contribution in [3.8, 4) is 0 Å². The number of hydrogen-bond donors (Lipinski definition) is 1. The molecule has 2 rings (SSSR count). The molecule has 0 spiro atoms. The second-order valence-corrected chi connectivity index (χ2v) is 3.53. The van der Waals surface area contributed by atoms with Crippen LogP contribution in [0.1, 0.15) is 12.8 Å². The predicted molar refractivity (Wildman–Crippen MR) is 59.3 cm³/mol. The van der Waals surface area contributed by atoms with E-state index in [0.29, 0.717) is 18.7 Å². The minimum Gasteiger partial charge on any atom is -0.468 e. The monoisotopic (exact) mass is 230 g/mol. The largest absolute Gasteiger partial charge is 0.468 e. The van der Waals surface area contributed by atoms with E-state index < -0.39 is 0 Å². The van der Waals surface area contributed by atoms with Crippen LogP contribution >= 0.6 is 12.4 Å². The van der Waals surface area contributed by atoms with Crippen LogP contribution in [0.25, 0.3) is 0 Å². The lowest BCUT2D eigenvalue weighted by molar-refractivity contribution is -0.114. The Kier molecular flexibility index (Phi) is 3.77. The predicted octanol–water partition coefficient (Wildman–Crippen LogP) is 0.786. The van der Waals surface area contributed by atoms with Crippen molar-refractivity contribution in [2.75, 3.05) is 13.6 Å². The summed E-state index contributed by atoms with van der Waals surface area (Å²) in [7, 11) is 1.96. The average Bonchev–Trinajstić information content (AvgIpc) is 2.44. The molecule has 1 saturated heterocycles. The number of allylic oxidation sites excluding steroid dienone is 2. The van der Waals surface area contributed by atoms with Crippen molar-refractivity contribution in [1.82, 2.24) is 4.90 Å². The van der Waals surface area contributed by atoms with Crippen molar-refractivity contribution in [1.29, 1.82) is 0 Å². The Labute approximate surface area is 95.2 Å². The Morgan fingerprint density at radius 2 is 2.40 bits per heavy atom. The summed E-state index contributed by atoms with van der Waals surface area (Å²) in [4.78, 5) is 13.2. The summed E-state index contributed by atoms with van der Waals surface area (Å²) in [6.07, 6.45) is 4.72. The first kappa shape index (κ1) is 12.1. The van der Waals surface area contributed by atoms with E-state index in [4.69, 9.17) is 10.5 Å². The number of ketones is 1. The van der Waals surface area contributed by atoms with E-state index in [1.807, 2.05) is 18.0 Å². The van der Waals surface area contributed by atoms with Gasteiger partial charge in [0.05, 0.1) is 5.70 Å². The van der Waals surface area contributed by atoms with Gasteiger partial charge in [0.1, 0.15) is 5.76 Å². The van der Waals surface area contributed by atoms with Gasteiger partial charge in [-0.15, -0.1) is 12.4 Å². The average molecular weight is 231 g/mol. The highest BCUT2D eigenvalue weighted by atomic mass is 35.5. The summed E-state index contributed by atoms with van der Waals surface area (Å²) in [5.74, 6) is 0.799. The molecule has 0 radical (unpaired) electrons. The summed E-state index contributed by atoms with van der Waals surface area (Å²) in [6.45, 7) is 0.587. The molecule has 1 fully saturated rings. The number of halogens is 1. The van der Waals surface area contributed by atoms with Gasteiger partial charge in [-0.2, -0.15) is 0 Å². The number of nitrogens with two attached hydrogens (primary N) is 1. The number of likely N-dealkylation sites (N-methyl/N-ethyl adjacent to an activating group) is 1. The van der Waals surface area contributed by atoms with Crippen molar-refractivity contribution in [2.24, 2.45) is 5.73 Å². The van der Waals surface area contributed by atoms with Gasteiger partial charge in [-0.05, 0) is 12.6 Å². The van der Waals surface area contributed by atoms with Crippen molar-refractivity contribution in [3.05, 3.63) is 23.6 Å². The van der Waals surface area contributed by atoms with Crippen LogP contribution in [0.2, 0.25) is 0 Å². The maximum Gasteiger partial charge on any atom is 0.173 e. The molecule has 1 heterocycles. The van der Waals surface area contributed by atoms with Crippen LogP contribution in [-0.4, -0.2) is 30.5 Å². The van der Waals surface area contributed by atoms with E-state index in [-0.39, 0.29) is 24.4 Å². The smallest absolute Gasteiger partial charge is 0.173 e. The molecule has 15 heavy (non-hydrogen) atoms. The summed E-state index contributed by atoms with van der Waals surface area (Å²) < 4.78 is 5.61. The third kappa shape index (κ3) is 2.16. The summed E-state index contributed by atoms with van der Waals surface area (Å²) in [6, 6.07) is 0. The first-order valence-corrected chi connectivity index (χ1v) is 4.77. The maximum atomic E-state index is 11.1. The highest BCUT2D eigenvalue weighted by Gasteiger charge is 2.32. The molecule has 1 aliphatic carbocycles. The number of ether oxygens (including phenoxy) is 1. The van der Waals surface area contributed by atoms with Crippen LogP contribution in [0, 0.1) is 0 Å². The summed E-state index contributed by atoms with van der Waals surface area (Å²) in [5.41, 5.74) is 6.49. The first-order chi connectivity index (χ1) is 6.72. The van der Waals surface area contributed by atoms with Gasteiger partial charge in [-0.1, -0.05) is 0 Å². The van der Waals surface area contributed by atoms with Gasteiger partial charge < -0.3 is 15.4 Å². The molecule has 0 aromatic heterocycles. The molecule has 0 bridgehead atoms. The maximum absolute atomic E-state index is 11.1. The summed E-state index contributed by atoms with van der Waals surface area (Å²) >= 11 is 0. The molecule has 0 aromatic carbocycles. The third-order valence-electron chi connectivity index (χ3n) is 2.53. The molecule has 84 valence electrons. The molecule has 0 amide bonds. The van der Waals surface area contributed by atoms with E-state index in [9.17, 15) is 4.79 Å². The van der Waals surface area contributed by atoms with Gasteiger partial charge in [-0.25, -0.2) is 0 Å². The molecule has 1 aliphatic heterocycles. The SMILES string of the molecule is CN1C2=CCC(=O)C=C2OC1CCN.Cl. The van der Waals surface area contributed by atoms with E-state index in [0.717, 1.165) is 12.1 Å². The molecule has 2 aliphatic rings. The van der Waals surface area contributed by atoms with Gasteiger partial charge in [0.15, 0.2) is 12.0 Å². The van der Waals surface area contributed by atoms with E-state index in [1.54, 1.807) is 6.08 Å². The summed E-state index contributed by atoms with van der Waals surface area (Å²) in [5, 5.41) is 0. The Balaban J connectivity index is 0.00000112. The number of rotatable bonds is 2. The Bertz CT molecular complexity index is 325. The zero-order chi connectivity index (χ0) is 10.1. The zero-order valence-corrected chi connectivity index (χ0v) is 9.42. The number of fused-ring (bicyclic) bond motifs is 1. The minimum absolute atomic E-state index is 0. The van der Waals surface area contributed by atoms with Crippen molar-refractivity contribution >= 4 is 18.2 Å². The van der Waals surface area contributed by atoms with Gasteiger partial charge in [0.2, 0.25) is 0 Å². The van der Waals surface area contributed by atoms with Crippen molar-refractivity contribution in [2.45, 2.75) is 19.1 Å². The van der Waals surface area contributed by atoms with Crippen LogP contribution in [0.3, 0.4) is 0 Å². The fourth-order valence-electron chi connectivity index (χ4n) is 1.77. The van der Waals surface area contributed by atoms with Crippen LogP contribution < -0.4 is 5.73 Å². The lowest BCUT2D eigenvalue weighted by Crippen LogP contribution is -2.27. The van der Waals surface area contributed by atoms with Gasteiger partial charge in [-0.3, -0.25) is 4.79 Å². The molecule has 1 atom stereocenters. The Morgan fingerprint density at radius 3 is 3.07 bits per heavy atom. The number of nitrogens with zero attached hydrogens (tertiary/aromatic N) is 1. The molecule has 2 N–H and O–H groups in total. The van der Waals surface area contributed by atoms with E-state index in [1.165, 1.54) is 0 Å². The quantitative estimate of drug-likeness (QED) is 0.762. The second-order valence-electron chi connectivity index (χ2n) is 3.53. The molecule has 5 heteroatoms. The third-order valence-corrected chi connectivity index (χ3v) is 2.53. The second kappa shape index (κ2) is 4.68. The Hall–Kier alpha value is -1.00. The van der Waals surface area contributed by atoms with Gasteiger partial charge in [0, 0.05) is 26.0 Å². The van der Waals surface area contributed by atoms with E-state index >= 15 is 0 Å². The highest BCUT2D eigenvalue weighted by Crippen LogP contribution is 2.32. The lowest BCUT2D eigenvalue weighted by Gasteiger charge is -2.18. The first-order valence-electron chi connectivity index (χ1n) is 4.77. The van der Waals surface area contributed by atoms with Gasteiger partial charge >= 0.3 is 0 Å². The van der Waals surface area contributed by atoms with Crippen molar-refractivity contribution < 1.29 is 9.53 Å². The normalized spacial score (nSPS) is 23.7. The number of carbonyl (C=O) groups excluding carboxylic acids is 1. The fourth-order valence-corrected chi connectivity index (χ4v) is 1.77. The standard InChI is InChI=1S/C10H14N2O2.ClH/c1-12-8-3-2-7(13)6-9(8)14-10(12)4-5-11;/h3,6,10H,2,4-5,11H2,1H3;1H. The van der Waals surface area contributed by atoms with Crippen LogP contribution in [0.15, 0.2) is 23.6 Å². The van der Waals surface area contributed by atoms with E-state index in [2.05, 4.69) is 0 Å². The number of hydrogen-bond acceptors (Lipinski definition) is 4. The van der Waals surface area contributed by atoms with Crippen LogP contribution in [0.5, 0.6) is 0 Å². The topological polar surface area (TPSA) is 55.6 Å². The molecular formula is C10H15ClN2O2. The lowest BCUT2D eigenvalue weighted by atomic mass is 10.1.